The molecule has 0 saturated heterocycles. The summed E-state index contributed by atoms with van der Waals surface area (Å²) in [5.41, 5.74) is 0. The van der Waals surface area contributed by atoms with E-state index in [2.05, 4.69) is 21.5 Å². The number of amides is 1. The molecule has 1 amide bonds. The van der Waals surface area contributed by atoms with Crippen LogP contribution in [0.1, 0.15) is 6.92 Å². The average Bonchev–Trinajstić information content (AvgIpc) is 2.44. The average molecular weight is 284 g/mol. The maximum absolute atomic E-state index is 11.8. The fourth-order valence-electron chi connectivity index (χ4n) is 1.20. The number of aromatic nitrogens is 3. The van der Waals surface area contributed by atoms with Crippen LogP contribution in [0.15, 0.2) is 17.8 Å². The van der Waals surface area contributed by atoms with Crippen molar-refractivity contribution in [1.82, 2.24) is 15.0 Å². The molecular weight excluding hydrogens is 268 g/mol. The number of thioether (sulfide) groups is 1. The molecule has 0 aromatic carbocycles. The third-order valence-electron chi connectivity index (χ3n) is 1.99. The lowest BCUT2D eigenvalue weighted by Gasteiger charge is -2.18. The first kappa shape index (κ1) is 15.2. The zero-order valence-electron chi connectivity index (χ0n) is 11.1. The predicted molar refractivity (Wildman–Crippen MR) is 72.7 cm³/mol. The summed E-state index contributed by atoms with van der Waals surface area (Å²) in [5.74, 6) is 0.176. The number of rotatable bonds is 6. The Balaban J connectivity index is 3.13. The van der Waals surface area contributed by atoms with Gasteiger partial charge >= 0.3 is 12.1 Å². The van der Waals surface area contributed by atoms with Crippen LogP contribution in [0.3, 0.4) is 0 Å². The second kappa shape index (κ2) is 7.57. The summed E-state index contributed by atoms with van der Waals surface area (Å²) in [4.78, 5) is 25.3. The van der Waals surface area contributed by atoms with E-state index in [0.717, 1.165) is 0 Å². The first-order valence-electron chi connectivity index (χ1n) is 5.55. The molecule has 0 fully saturated rings. The van der Waals surface area contributed by atoms with E-state index in [1.165, 1.54) is 23.8 Å². The monoisotopic (exact) mass is 284 g/mol. The van der Waals surface area contributed by atoms with Gasteiger partial charge in [-0.25, -0.2) is 9.69 Å². The first-order valence-corrected chi connectivity index (χ1v) is 6.78. The van der Waals surface area contributed by atoms with Gasteiger partial charge in [0, 0.05) is 0 Å². The van der Waals surface area contributed by atoms with Crippen molar-refractivity contribution < 1.29 is 14.3 Å². The first-order chi connectivity index (χ1) is 9.15. The van der Waals surface area contributed by atoms with Gasteiger partial charge in [0.25, 0.3) is 0 Å². The lowest BCUT2D eigenvalue weighted by Crippen LogP contribution is -2.33. The van der Waals surface area contributed by atoms with E-state index >= 15 is 0 Å². The highest BCUT2D eigenvalue weighted by molar-refractivity contribution is 7.98. The summed E-state index contributed by atoms with van der Waals surface area (Å²) in [6.07, 6.45) is 2.84. The molecule has 19 heavy (non-hydrogen) atoms. The number of methoxy groups -OCH3 is 1. The Kier molecular flexibility index (Phi) is 6.07. The molecule has 8 heteroatoms. The number of hydrogen-bond donors (Lipinski definition) is 0. The fraction of sp³-hybridized carbons (Fsp3) is 0.455. The standard InChI is InChI=1S/C11H16N4O3S/c1-5-7-15(11(16)18-6-2)8-12-9(17-3)14-10(13-8)19-4/h5H,1,6-7H2,2-4H3. The summed E-state index contributed by atoms with van der Waals surface area (Å²) in [5, 5.41) is 0.459. The van der Waals surface area contributed by atoms with E-state index in [-0.39, 0.29) is 25.1 Å². The number of carbonyl (C=O) groups is 1. The van der Waals surface area contributed by atoms with Crippen LogP contribution in [0.4, 0.5) is 10.7 Å². The van der Waals surface area contributed by atoms with Gasteiger partial charge in [0.1, 0.15) is 0 Å². The molecule has 0 atom stereocenters. The van der Waals surface area contributed by atoms with Crippen LogP contribution in [0.5, 0.6) is 6.01 Å². The Hall–Kier alpha value is -1.83. The van der Waals surface area contributed by atoms with Gasteiger partial charge in [-0.1, -0.05) is 17.8 Å². The van der Waals surface area contributed by atoms with Gasteiger partial charge < -0.3 is 9.47 Å². The number of carbonyl (C=O) groups excluding carboxylic acids is 1. The third-order valence-corrected chi connectivity index (χ3v) is 2.54. The molecule has 0 aliphatic carbocycles. The maximum Gasteiger partial charge on any atom is 0.416 e. The van der Waals surface area contributed by atoms with E-state index in [0.29, 0.717) is 5.16 Å². The van der Waals surface area contributed by atoms with Crippen molar-refractivity contribution >= 4 is 23.8 Å². The highest BCUT2D eigenvalue weighted by Crippen LogP contribution is 2.18. The van der Waals surface area contributed by atoms with Gasteiger partial charge in [0.2, 0.25) is 5.95 Å². The Bertz CT molecular complexity index is 433. The van der Waals surface area contributed by atoms with Crippen LogP contribution in [0.2, 0.25) is 0 Å². The van der Waals surface area contributed by atoms with E-state index in [4.69, 9.17) is 9.47 Å². The Morgan fingerprint density at radius 2 is 2.21 bits per heavy atom. The summed E-state index contributed by atoms with van der Waals surface area (Å²) >= 11 is 1.33. The number of anilines is 1. The lowest BCUT2D eigenvalue weighted by molar-refractivity contribution is 0.160. The van der Waals surface area contributed by atoms with Gasteiger partial charge in [-0.05, 0) is 13.2 Å². The number of hydrogen-bond acceptors (Lipinski definition) is 7. The second-order valence-corrected chi connectivity index (χ2v) is 3.98. The Labute approximate surface area is 116 Å². The minimum atomic E-state index is -0.539. The number of nitrogens with zero attached hydrogens (tertiary/aromatic N) is 4. The molecule has 0 unspecified atom stereocenters. The van der Waals surface area contributed by atoms with Gasteiger partial charge in [-0.2, -0.15) is 15.0 Å². The van der Waals surface area contributed by atoms with Crippen molar-refractivity contribution in [2.75, 3.05) is 31.4 Å². The molecule has 1 heterocycles. The quantitative estimate of drug-likeness (QED) is 0.581. The van der Waals surface area contributed by atoms with E-state index < -0.39 is 6.09 Å². The molecule has 0 aliphatic rings. The minimum absolute atomic E-state index is 0.146. The molecule has 7 nitrogen and oxygen atoms in total. The van der Waals surface area contributed by atoms with E-state index in [1.54, 1.807) is 13.0 Å². The van der Waals surface area contributed by atoms with Crippen LogP contribution >= 0.6 is 11.8 Å². The van der Waals surface area contributed by atoms with Crippen LogP contribution in [-0.4, -0.2) is 47.6 Å². The van der Waals surface area contributed by atoms with Crippen LogP contribution in [0, 0.1) is 0 Å². The molecular formula is C11H16N4O3S. The van der Waals surface area contributed by atoms with Crippen molar-refractivity contribution in [3.05, 3.63) is 12.7 Å². The largest absolute Gasteiger partial charge is 0.467 e. The maximum atomic E-state index is 11.8. The molecule has 0 radical (unpaired) electrons. The highest BCUT2D eigenvalue weighted by Gasteiger charge is 2.20. The molecule has 104 valence electrons. The molecule has 0 bridgehead atoms. The topological polar surface area (TPSA) is 77.4 Å². The minimum Gasteiger partial charge on any atom is -0.467 e. The predicted octanol–water partition coefficient (Wildman–Crippen LogP) is 1.75. The van der Waals surface area contributed by atoms with Crippen molar-refractivity contribution in [3.8, 4) is 6.01 Å². The zero-order chi connectivity index (χ0) is 14.3. The Morgan fingerprint density at radius 1 is 1.47 bits per heavy atom. The van der Waals surface area contributed by atoms with Crippen molar-refractivity contribution in [2.24, 2.45) is 0 Å². The molecule has 1 aromatic rings. The van der Waals surface area contributed by atoms with E-state index in [1.807, 2.05) is 6.26 Å². The normalized spacial score (nSPS) is 9.84. The fourth-order valence-corrected chi connectivity index (χ4v) is 1.54. The van der Waals surface area contributed by atoms with Gasteiger partial charge in [0.15, 0.2) is 5.16 Å². The van der Waals surface area contributed by atoms with Gasteiger partial charge in [-0.3, -0.25) is 0 Å². The highest BCUT2D eigenvalue weighted by atomic mass is 32.2. The van der Waals surface area contributed by atoms with Gasteiger partial charge in [0.05, 0.1) is 20.3 Å². The molecule has 1 aromatic heterocycles. The summed E-state index contributed by atoms with van der Waals surface area (Å²) < 4.78 is 9.93. The second-order valence-electron chi connectivity index (χ2n) is 3.21. The lowest BCUT2D eigenvalue weighted by atomic mass is 10.5. The van der Waals surface area contributed by atoms with Gasteiger partial charge in [-0.15, -0.1) is 6.58 Å². The molecule has 1 rings (SSSR count). The van der Waals surface area contributed by atoms with E-state index in [9.17, 15) is 4.79 Å². The van der Waals surface area contributed by atoms with Crippen LogP contribution < -0.4 is 9.64 Å². The zero-order valence-corrected chi connectivity index (χ0v) is 11.9. The molecule has 0 aliphatic heterocycles. The smallest absolute Gasteiger partial charge is 0.416 e. The number of ether oxygens (including phenoxy) is 2. The van der Waals surface area contributed by atoms with Crippen LogP contribution in [-0.2, 0) is 4.74 Å². The summed E-state index contributed by atoms with van der Waals surface area (Å²) in [6.45, 7) is 5.83. The Morgan fingerprint density at radius 3 is 2.74 bits per heavy atom. The van der Waals surface area contributed by atoms with Crippen LogP contribution in [0.25, 0.3) is 0 Å². The summed E-state index contributed by atoms with van der Waals surface area (Å²) in [6, 6.07) is 0.146. The van der Waals surface area contributed by atoms with Crippen molar-refractivity contribution in [1.29, 1.82) is 0 Å². The summed E-state index contributed by atoms with van der Waals surface area (Å²) in [7, 11) is 1.45. The van der Waals surface area contributed by atoms with Crippen molar-refractivity contribution in [3.63, 3.8) is 0 Å². The van der Waals surface area contributed by atoms with Crippen molar-refractivity contribution in [2.45, 2.75) is 12.1 Å². The molecule has 0 saturated carbocycles. The molecule has 0 spiro atoms. The SMILES string of the molecule is C=CCN(C(=O)OCC)c1nc(OC)nc(SC)n1. The molecule has 0 N–H and O–H groups in total. The third kappa shape index (κ3) is 4.09.